The first-order chi connectivity index (χ1) is 9.97. The lowest BCUT2D eigenvalue weighted by Gasteiger charge is -2.36. The Hall–Kier alpha value is -1.95. The second-order valence-electron chi connectivity index (χ2n) is 5.76. The number of hydrogen-bond donors (Lipinski definition) is 3. The Morgan fingerprint density at radius 2 is 2.14 bits per heavy atom. The van der Waals surface area contributed by atoms with Gasteiger partial charge in [0.2, 0.25) is 0 Å². The summed E-state index contributed by atoms with van der Waals surface area (Å²) < 4.78 is 0. The molecule has 1 heterocycles. The van der Waals surface area contributed by atoms with E-state index in [1.165, 1.54) is 6.20 Å². The number of carbonyl (C=O) groups excluding carboxylic acids is 1. The third kappa shape index (κ3) is 3.39. The lowest BCUT2D eigenvalue weighted by Crippen LogP contribution is -2.56. The van der Waals surface area contributed by atoms with Gasteiger partial charge in [0.25, 0.3) is 5.91 Å². The molecule has 1 aromatic heterocycles. The molecule has 21 heavy (non-hydrogen) atoms. The van der Waals surface area contributed by atoms with Crippen LogP contribution in [0.5, 0.6) is 0 Å². The summed E-state index contributed by atoms with van der Waals surface area (Å²) in [6.45, 7) is 2.34. The predicted octanol–water partition coefficient (Wildman–Crippen LogP) is 1.30. The third-order valence-electron chi connectivity index (χ3n) is 4.18. The van der Waals surface area contributed by atoms with E-state index in [9.17, 15) is 14.7 Å². The molecule has 2 rings (SSSR count). The van der Waals surface area contributed by atoms with E-state index in [0.29, 0.717) is 30.0 Å². The molecule has 0 spiro atoms. The lowest BCUT2D eigenvalue weighted by atomic mass is 9.77. The molecule has 1 aliphatic rings. The van der Waals surface area contributed by atoms with Crippen molar-refractivity contribution in [2.45, 2.75) is 44.7 Å². The van der Waals surface area contributed by atoms with Gasteiger partial charge >= 0.3 is 5.97 Å². The van der Waals surface area contributed by atoms with Crippen molar-refractivity contribution in [1.82, 2.24) is 10.3 Å². The largest absolute Gasteiger partial charge is 0.480 e. The van der Waals surface area contributed by atoms with Crippen molar-refractivity contribution in [1.29, 1.82) is 0 Å². The number of aromatic nitrogens is 1. The van der Waals surface area contributed by atoms with Gasteiger partial charge in [-0.25, -0.2) is 4.79 Å². The van der Waals surface area contributed by atoms with Crippen LogP contribution in [0.15, 0.2) is 18.3 Å². The highest BCUT2D eigenvalue weighted by molar-refractivity contribution is 5.97. The van der Waals surface area contributed by atoms with Crippen LogP contribution in [0.1, 0.15) is 48.7 Å². The predicted molar refractivity (Wildman–Crippen MR) is 77.6 cm³/mol. The molecular formula is C15H21N3O3. The molecule has 1 aliphatic carbocycles. The van der Waals surface area contributed by atoms with Crippen molar-refractivity contribution in [2.75, 3.05) is 0 Å². The molecular weight excluding hydrogens is 270 g/mol. The van der Waals surface area contributed by atoms with Crippen LogP contribution < -0.4 is 11.1 Å². The summed E-state index contributed by atoms with van der Waals surface area (Å²) in [5, 5.41) is 12.2. The summed E-state index contributed by atoms with van der Waals surface area (Å²) in [5.74, 6) is -0.848. The quantitative estimate of drug-likeness (QED) is 0.775. The van der Waals surface area contributed by atoms with Crippen molar-refractivity contribution in [3.63, 3.8) is 0 Å². The summed E-state index contributed by atoms with van der Waals surface area (Å²) in [6, 6.07) is 3.16. The maximum atomic E-state index is 12.3. The zero-order valence-electron chi connectivity index (χ0n) is 12.1. The van der Waals surface area contributed by atoms with E-state index in [1.54, 1.807) is 12.1 Å². The van der Waals surface area contributed by atoms with Crippen LogP contribution in [-0.2, 0) is 11.3 Å². The van der Waals surface area contributed by atoms with Crippen LogP contribution >= 0.6 is 0 Å². The first-order valence-corrected chi connectivity index (χ1v) is 7.18. The molecule has 0 bridgehead atoms. The van der Waals surface area contributed by atoms with Crippen molar-refractivity contribution in [2.24, 2.45) is 11.7 Å². The molecule has 0 unspecified atom stereocenters. The third-order valence-corrected chi connectivity index (χ3v) is 4.18. The van der Waals surface area contributed by atoms with E-state index in [-0.39, 0.29) is 12.5 Å². The number of carbonyl (C=O) groups is 2. The number of hydrogen-bond acceptors (Lipinski definition) is 4. The molecule has 6 nitrogen and oxygen atoms in total. The maximum absolute atomic E-state index is 12.3. The monoisotopic (exact) mass is 291 g/mol. The second kappa shape index (κ2) is 6.22. The fourth-order valence-electron chi connectivity index (χ4n) is 2.67. The first kappa shape index (κ1) is 15.4. The molecule has 0 saturated heterocycles. The Labute approximate surface area is 123 Å². The number of pyridine rings is 1. The molecule has 1 saturated carbocycles. The molecule has 0 atom stereocenters. The average molecular weight is 291 g/mol. The van der Waals surface area contributed by atoms with Crippen LogP contribution in [0.4, 0.5) is 0 Å². The van der Waals surface area contributed by atoms with E-state index >= 15 is 0 Å². The van der Waals surface area contributed by atoms with Gasteiger partial charge in [0.15, 0.2) is 0 Å². The van der Waals surface area contributed by atoms with Gasteiger partial charge < -0.3 is 16.2 Å². The summed E-state index contributed by atoms with van der Waals surface area (Å²) in [5.41, 5.74) is 5.34. The van der Waals surface area contributed by atoms with Crippen molar-refractivity contribution < 1.29 is 14.7 Å². The Morgan fingerprint density at radius 1 is 1.48 bits per heavy atom. The van der Waals surface area contributed by atoms with Crippen molar-refractivity contribution >= 4 is 11.9 Å². The van der Waals surface area contributed by atoms with E-state index in [1.807, 2.05) is 0 Å². The van der Waals surface area contributed by atoms with E-state index < -0.39 is 11.5 Å². The topological polar surface area (TPSA) is 105 Å². The minimum Gasteiger partial charge on any atom is -0.480 e. The van der Waals surface area contributed by atoms with Gasteiger partial charge in [-0.3, -0.25) is 9.78 Å². The maximum Gasteiger partial charge on any atom is 0.329 e. The van der Waals surface area contributed by atoms with Crippen LogP contribution in [0, 0.1) is 5.92 Å². The number of amides is 1. The molecule has 6 heteroatoms. The average Bonchev–Trinajstić information content (AvgIpc) is 2.49. The Kier molecular flexibility index (Phi) is 4.57. The van der Waals surface area contributed by atoms with Gasteiger partial charge in [-0.1, -0.05) is 6.92 Å². The molecule has 0 aliphatic heterocycles. The SMILES string of the molecule is CC1CCC(NC(=O)c2ccnc(CN)c2)(C(=O)O)CC1. The number of carboxylic acid groups (broad SMARTS) is 1. The number of nitrogens with two attached hydrogens (primary N) is 1. The molecule has 0 aromatic carbocycles. The van der Waals surface area contributed by atoms with Gasteiger partial charge in [0, 0.05) is 18.3 Å². The summed E-state index contributed by atoms with van der Waals surface area (Å²) in [7, 11) is 0. The Morgan fingerprint density at radius 3 is 2.71 bits per heavy atom. The van der Waals surface area contributed by atoms with Gasteiger partial charge in [-0.2, -0.15) is 0 Å². The molecule has 4 N–H and O–H groups in total. The van der Waals surface area contributed by atoms with E-state index in [0.717, 1.165) is 12.8 Å². The smallest absolute Gasteiger partial charge is 0.329 e. The van der Waals surface area contributed by atoms with Gasteiger partial charge in [-0.05, 0) is 43.7 Å². The molecule has 114 valence electrons. The number of rotatable bonds is 4. The van der Waals surface area contributed by atoms with Crippen LogP contribution in [0.3, 0.4) is 0 Å². The standard InChI is InChI=1S/C15H21N3O3/c1-10-2-5-15(6-3-10,14(20)21)18-13(19)11-4-7-17-12(8-11)9-16/h4,7-8,10H,2-3,5-6,9,16H2,1H3,(H,18,19)(H,20,21). The van der Waals surface area contributed by atoms with E-state index in [2.05, 4.69) is 17.2 Å². The number of nitrogens with one attached hydrogen (secondary N) is 1. The Balaban J connectivity index is 2.17. The zero-order chi connectivity index (χ0) is 15.5. The highest BCUT2D eigenvalue weighted by Crippen LogP contribution is 2.32. The van der Waals surface area contributed by atoms with E-state index in [4.69, 9.17) is 5.73 Å². The molecule has 0 radical (unpaired) electrons. The van der Waals surface area contributed by atoms with Gasteiger partial charge in [0.05, 0.1) is 5.69 Å². The number of nitrogens with zero attached hydrogens (tertiary/aromatic N) is 1. The fraction of sp³-hybridized carbons (Fsp3) is 0.533. The van der Waals surface area contributed by atoms with Gasteiger partial charge in [0.1, 0.15) is 5.54 Å². The van der Waals surface area contributed by atoms with Crippen LogP contribution in [0.25, 0.3) is 0 Å². The summed E-state index contributed by atoms with van der Waals surface area (Å²) in [6.07, 6.45) is 4.04. The minimum absolute atomic E-state index is 0.239. The minimum atomic E-state index is -1.16. The Bertz CT molecular complexity index is 537. The highest BCUT2D eigenvalue weighted by Gasteiger charge is 2.42. The fourth-order valence-corrected chi connectivity index (χ4v) is 2.67. The number of carboxylic acids is 1. The van der Waals surface area contributed by atoms with Crippen molar-refractivity contribution in [3.05, 3.63) is 29.6 Å². The zero-order valence-corrected chi connectivity index (χ0v) is 12.1. The van der Waals surface area contributed by atoms with Crippen LogP contribution in [-0.4, -0.2) is 27.5 Å². The van der Waals surface area contributed by atoms with Gasteiger partial charge in [-0.15, -0.1) is 0 Å². The normalized spacial score (nSPS) is 25.3. The first-order valence-electron chi connectivity index (χ1n) is 7.18. The van der Waals surface area contributed by atoms with Crippen LogP contribution in [0.2, 0.25) is 0 Å². The molecule has 1 amide bonds. The summed E-state index contributed by atoms with van der Waals surface area (Å²) >= 11 is 0. The van der Waals surface area contributed by atoms with Crippen molar-refractivity contribution in [3.8, 4) is 0 Å². The lowest BCUT2D eigenvalue weighted by molar-refractivity contribution is -0.146. The second-order valence-corrected chi connectivity index (χ2v) is 5.76. The number of aliphatic carboxylic acids is 1. The summed E-state index contributed by atoms with van der Waals surface area (Å²) in [4.78, 5) is 28.0. The molecule has 1 aromatic rings. The highest BCUT2D eigenvalue weighted by atomic mass is 16.4. The molecule has 1 fully saturated rings.